The number of methoxy groups -OCH3 is 1. The van der Waals surface area contributed by atoms with E-state index in [0.717, 1.165) is 17.9 Å². The number of carbonyl (C=O) groups is 1. The molecule has 0 saturated carbocycles. The van der Waals surface area contributed by atoms with Gasteiger partial charge in [0.1, 0.15) is 5.75 Å². The number of rotatable bonds is 4. The third kappa shape index (κ3) is 3.33. The van der Waals surface area contributed by atoms with Crippen LogP contribution in [0.15, 0.2) is 24.3 Å². The number of nitrogens with zero attached hydrogens (tertiary/aromatic N) is 1. The van der Waals surface area contributed by atoms with Gasteiger partial charge in [-0.25, -0.2) is 0 Å². The summed E-state index contributed by atoms with van der Waals surface area (Å²) in [4.78, 5) is 14.5. The third-order valence-corrected chi connectivity index (χ3v) is 3.56. The first-order valence-corrected chi connectivity index (χ1v) is 6.53. The lowest BCUT2D eigenvalue weighted by Gasteiger charge is -2.41. The standard InChI is InChI=1S/C15H21NO3/c1-15(2)11-19-9-8-16(15)10-14(17)12-4-6-13(18-3)7-5-12/h4-7H,8-11H2,1-3H3. The van der Waals surface area contributed by atoms with Crippen molar-refractivity contribution in [2.24, 2.45) is 0 Å². The van der Waals surface area contributed by atoms with Crippen LogP contribution in [-0.2, 0) is 4.74 Å². The number of hydrogen-bond donors (Lipinski definition) is 0. The second-order valence-electron chi connectivity index (χ2n) is 5.44. The van der Waals surface area contributed by atoms with Crippen molar-refractivity contribution < 1.29 is 14.3 Å². The van der Waals surface area contributed by atoms with Crippen molar-refractivity contribution in [1.82, 2.24) is 4.90 Å². The van der Waals surface area contributed by atoms with Crippen molar-refractivity contribution in [3.05, 3.63) is 29.8 Å². The Bertz CT molecular complexity index is 439. The van der Waals surface area contributed by atoms with E-state index in [-0.39, 0.29) is 11.3 Å². The van der Waals surface area contributed by atoms with Gasteiger partial charge in [-0.3, -0.25) is 9.69 Å². The molecule has 4 nitrogen and oxygen atoms in total. The summed E-state index contributed by atoms with van der Waals surface area (Å²) in [6.07, 6.45) is 0. The summed E-state index contributed by atoms with van der Waals surface area (Å²) in [6, 6.07) is 7.26. The molecule has 0 aromatic heterocycles. The molecule has 0 spiro atoms. The predicted octanol–water partition coefficient (Wildman–Crippen LogP) is 1.99. The number of hydrogen-bond acceptors (Lipinski definition) is 4. The van der Waals surface area contributed by atoms with E-state index >= 15 is 0 Å². The third-order valence-electron chi connectivity index (χ3n) is 3.56. The fourth-order valence-corrected chi connectivity index (χ4v) is 2.23. The summed E-state index contributed by atoms with van der Waals surface area (Å²) in [5, 5.41) is 0. The van der Waals surface area contributed by atoms with E-state index in [1.165, 1.54) is 0 Å². The fourth-order valence-electron chi connectivity index (χ4n) is 2.23. The lowest BCUT2D eigenvalue weighted by molar-refractivity contribution is -0.0467. The molecular formula is C15H21NO3. The molecular weight excluding hydrogens is 242 g/mol. The molecule has 0 N–H and O–H groups in total. The van der Waals surface area contributed by atoms with Crippen molar-refractivity contribution in [3.63, 3.8) is 0 Å². The van der Waals surface area contributed by atoms with Gasteiger partial charge >= 0.3 is 0 Å². The van der Waals surface area contributed by atoms with Gasteiger partial charge in [-0.1, -0.05) is 0 Å². The van der Waals surface area contributed by atoms with E-state index in [4.69, 9.17) is 9.47 Å². The Kier molecular flexibility index (Phi) is 4.22. The first-order valence-electron chi connectivity index (χ1n) is 6.53. The highest BCUT2D eigenvalue weighted by atomic mass is 16.5. The Morgan fingerprint density at radius 1 is 1.37 bits per heavy atom. The van der Waals surface area contributed by atoms with Gasteiger partial charge in [0, 0.05) is 17.6 Å². The summed E-state index contributed by atoms with van der Waals surface area (Å²) in [7, 11) is 1.62. The first kappa shape index (κ1) is 14.0. The highest BCUT2D eigenvalue weighted by Gasteiger charge is 2.31. The lowest BCUT2D eigenvalue weighted by Crippen LogP contribution is -2.54. The zero-order chi connectivity index (χ0) is 13.9. The Hall–Kier alpha value is -1.39. The molecule has 0 aliphatic carbocycles. The molecule has 104 valence electrons. The number of Topliss-reactive ketones (excluding diaryl/α,β-unsaturated/α-hetero) is 1. The normalized spacial score (nSPS) is 19.1. The largest absolute Gasteiger partial charge is 0.497 e. The van der Waals surface area contributed by atoms with E-state index in [1.807, 2.05) is 24.3 Å². The summed E-state index contributed by atoms with van der Waals surface area (Å²) >= 11 is 0. The number of carbonyl (C=O) groups excluding carboxylic acids is 1. The Labute approximate surface area is 114 Å². The second kappa shape index (κ2) is 5.72. The van der Waals surface area contributed by atoms with Gasteiger partial charge < -0.3 is 9.47 Å². The second-order valence-corrected chi connectivity index (χ2v) is 5.44. The van der Waals surface area contributed by atoms with Crippen LogP contribution in [-0.4, -0.2) is 49.6 Å². The molecule has 0 bridgehead atoms. The fraction of sp³-hybridized carbons (Fsp3) is 0.533. The van der Waals surface area contributed by atoms with Gasteiger partial charge in [0.15, 0.2) is 5.78 Å². The molecule has 1 heterocycles. The van der Waals surface area contributed by atoms with Crippen LogP contribution < -0.4 is 4.74 Å². The van der Waals surface area contributed by atoms with Crippen molar-refractivity contribution in [3.8, 4) is 5.75 Å². The monoisotopic (exact) mass is 263 g/mol. The topological polar surface area (TPSA) is 38.8 Å². The molecule has 19 heavy (non-hydrogen) atoms. The highest BCUT2D eigenvalue weighted by molar-refractivity contribution is 5.97. The molecule has 1 fully saturated rings. The van der Waals surface area contributed by atoms with Crippen LogP contribution in [0.5, 0.6) is 5.75 Å². The van der Waals surface area contributed by atoms with Gasteiger partial charge in [-0.15, -0.1) is 0 Å². The van der Waals surface area contributed by atoms with Gasteiger partial charge in [-0.2, -0.15) is 0 Å². The maximum atomic E-state index is 12.3. The smallest absolute Gasteiger partial charge is 0.176 e. The minimum absolute atomic E-state index is 0.0830. The van der Waals surface area contributed by atoms with Crippen LogP contribution in [0.3, 0.4) is 0 Å². The van der Waals surface area contributed by atoms with E-state index in [2.05, 4.69) is 18.7 Å². The van der Waals surface area contributed by atoms with Crippen molar-refractivity contribution in [2.45, 2.75) is 19.4 Å². The molecule has 0 radical (unpaired) electrons. The lowest BCUT2D eigenvalue weighted by atomic mass is 10.0. The summed E-state index contributed by atoms with van der Waals surface area (Å²) in [5.74, 6) is 0.904. The van der Waals surface area contributed by atoms with Crippen LogP contribution >= 0.6 is 0 Å². The Balaban J connectivity index is 2.03. The number of ether oxygens (including phenoxy) is 2. The average Bonchev–Trinajstić information content (AvgIpc) is 2.41. The zero-order valence-electron chi connectivity index (χ0n) is 11.8. The van der Waals surface area contributed by atoms with Gasteiger partial charge in [0.2, 0.25) is 0 Å². The molecule has 1 aromatic carbocycles. The summed E-state index contributed by atoms with van der Waals surface area (Å²) in [6.45, 7) is 6.81. The molecule has 1 saturated heterocycles. The van der Waals surface area contributed by atoms with Gasteiger partial charge in [-0.05, 0) is 38.1 Å². The average molecular weight is 263 g/mol. The van der Waals surface area contributed by atoms with Crippen LogP contribution in [0.4, 0.5) is 0 Å². The Morgan fingerprint density at radius 3 is 2.63 bits per heavy atom. The number of ketones is 1. The summed E-state index contributed by atoms with van der Waals surface area (Å²) < 4.78 is 10.6. The predicted molar refractivity (Wildman–Crippen MR) is 73.8 cm³/mol. The quantitative estimate of drug-likeness (QED) is 0.779. The molecule has 4 heteroatoms. The molecule has 2 rings (SSSR count). The minimum Gasteiger partial charge on any atom is -0.497 e. The maximum Gasteiger partial charge on any atom is 0.176 e. The Morgan fingerprint density at radius 2 is 2.05 bits per heavy atom. The van der Waals surface area contributed by atoms with E-state index < -0.39 is 0 Å². The number of morpholine rings is 1. The summed E-state index contributed by atoms with van der Waals surface area (Å²) in [5.41, 5.74) is 0.642. The van der Waals surface area contributed by atoms with E-state index in [0.29, 0.717) is 19.8 Å². The van der Waals surface area contributed by atoms with Gasteiger partial charge in [0.25, 0.3) is 0 Å². The molecule has 0 atom stereocenters. The molecule has 1 aromatic rings. The van der Waals surface area contributed by atoms with Crippen LogP contribution in [0.2, 0.25) is 0 Å². The van der Waals surface area contributed by atoms with Crippen LogP contribution in [0, 0.1) is 0 Å². The van der Waals surface area contributed by atoms with Crippen molar-refractivity contribution in [2.75, 3.05) is 33.4 Å². The van der Waals surface area contributed by atoms with Crippen molar-refractivity contribution in [1.29, 1.82) is 0 Å². The van der Waals surface area contributed by atoms with Crippen LogP contribution in [0.25, 0.3) is 0 Å². The van der Waals surface area contributed by atoms with E-state index in [9.17, 15) is 4.79 Å². The highest BCUT2D eigenvalue weighted by Crippen LogP contribution is 2.20. The molecule has 0 unspecified atom stereocenters. The van der Waals surface area contributed by atoms with E-state index in [1.54, 1.807) is 7.11 Å². The molecule has 1 aliphatic rings. The zero-order valence-corrected chi connectivity index (χ0v) is 11.8. The molecule has 0 amide bonds. The van der Waals surface area contributed by atoms with Crippen molar-refractivity contribution >= 4 is 5.78 Å². The van der Waals surface area contributed by atoms with Gasteiger partial charge in [0.05, 0.1) is 26.9 Å². The number of benzene rings is 1. The molecule has 1 aliphatic heterocycles. The SMILES string of the molecule is COc1ccc(C(=O)CN2CCOCC2(C)C)cc1. The van der Waals surface area contributed by atoms with Crippen LogP contribution in [0.1, 0.15) is 24.2 Å². The minimum atomic E-state index is -0.0830. The first-order chi connectivity index (χ1) is 9.03. The maximum absolute atomic E-state index is 12.3.